The fourth-order valence-electron chi connectivity index (χ4n) is 4.72. The summed E-state index contributed by atoms with van der Waals surface area (Å²) in [6.07, 6.45) is 1.48. The molecule has 2 amide bonds. The van der Waals surface area contributed by atoms with Gasteiger partial charge in [-0.1, -0.05) is 60.7 Å². The van der Waals surface area contributed by atoms with E-state index >= 15 is 0 Å². The van der Waals surface area contributed by atoms with Crippen LogP contribution in [0.4, 0.5) is 0 Å². The van der Waals surface area contributed by atoms with Gasteiger partial charge in [0.05, 0.1) is 31.5 Å². The first-order chi connectivity index (χ1) is 17.6. The van der Waals surface area contributed by atoms with Gasteiger partial charge in [-0.15, -0.1) is 0 Å². The van der Waals surface area contributed by atoms with Crippen molar-refractivity contribution in [2.45, 2.75) is 37.8 Å². The first-order valence-electron chi connectivity index (χ1n) is 12.2. The van der Waals surface area contributed by atoms with Crippen molar-refractivity contribution < 1.29 is 19.1 Å². The summed E-state index contributed by atoms with van der Waals surface area (Å²) in [7, 11) is 1.63. The van der Waals surface area contributed by atoms with E-state index in [0.29, 0.717) is 19.4 Å². The number of carbonyl (C=O) groups is 2. The van der Waals surface area contributed by atoms with Crippen molar-refractivity contribution >= 4 is 17.5 Å². The number of fused-ring (bicyclic) bond motifs is 1. The molecule has 1 N–H and O–H groups in total. The average Bonchev–Trinajstić information content (AvgIpc) is 3.38. The molecular formula is C29H29N3O4. The Labute approximate surface area is 210 Å². The zero-order valence-corrected chi connectivity index (χ0v) is 20.2. The van der Waals surface area contributed by atoms with Gasteiger partial charge in [0.1, 0.15) is 11.5 Å². The first-order valence-corrected chi connectivity index (χ1v) is 12.2. The predicted octanol–water partition coefficient (Wildman–Crippen LogP) is 4.79. The van der Waals surface area contributed by atoms with Crippen LogP contribution in [0.15, 0.2) is 84.0 Å². The monoisotopic (exact) mass is 483 g/mol. The lowest BCUT2D eigenvalue weighted by Gasteiger charge is -2.27. The van der Waals surface area contributed by atoms with Gasteiger partial charge in [0.15, 0.2) is 0 Å². The molecule has 7 heteroatoms. The molecule has 7 nitrogen and oxygen atoms in total. The van der Waals surface area contributed by atoms with Crippen LogP contribution >= 0.6 is 0 Å². The standard InChI is InChI=1S/C29H29N3O4/c1-35-22-13-11-21(12-14-22)26-19-25(20-7-3-2-4-8-20)31-32(26)29(34)16-15-28(33)30-24-17-18-36-27-10-6-5-9-23(24)27/h2-14,24,26H,15-19H2,1H3,(H,30,33). The van der Waals surface area contributed by atoms with E-state index in [0.717, 1.165) is 33.9 Å². The Kier molecular flexibility index (Phi) is 6.98. The Hall–Kier alpha value is -4.13. The van der Waals surface area contributed by atoms with Crippen LogP contribution in [0.1, 0.15) is 54.5 Å². The highest BCUT2D eigenvalue weighted by molar-refractivity contribution is 6.03. The fourth-order valence-corrected chi connectivity index (χ4v) is 4.72. The smallest absolute Gasteiger partial charge is 0.243 e. The van der Waals surface area contributed by atoms with Crippen molar-refractivity contribution in [1.82, 2.24) is 10.3 Å². The Morgan fingerprint density at radius 2 is 1.75 bits per heavy atom. The summed E-state index contributed by atoms with van der Waals surface area (Å²) < 4.78 is 11.0. The van der Waals surface area contributed by atoms with Crippen LogP contribution in [0, 0.1) is 0 Å². The number of rotatable bonds is 7. The van der Waals surface area contributed by atoms with Gasteiger partial charge < -0.3 is 14.8 Å². The molecule has 0 saturated carbocycles. The summed E-state index contributed by atoms with van der Waals surface area (Å²) in [6, 6.07) is 25.0. The van der Waals surface area contributed by atoms with Crippen LogP contribution in [0.25, 0.3) is 0 Å². The molecule has 2 aliphatic rings. The molecule has 2 unspecified atom stereocenters. The molecule has 0 saturated heterocycles. The average molecular weight is 484 g/mol. The highest BCUT2D eigenvalue weighted by Gasteiger charge is 2.33. The molecule has 0 bridgehead atoms. The summed E-state index contributed by atoms with van der Waals surface area (Å²) in [5, 5.41) is 9.32. The number of benzene rings is 3. The van der Waals surface area contributed by atoms with Gasteiger partial charge in [0.25, 0.3) is 0 Å². The molecule has 5 rings (SSSR count). The van der Waals surface area contributed by atoms with E-state index in [1.807, 2.05) is 78.9 Å². The number of hydrogen-bond donors (Lipinski definition) is 1. The Morgan fingerprint density at radius 1 is 1.00 bits per heavy atom. The first kappa shape index (κ1) is 23.6. The summed E-state index contributed by atoms with van der Waals surface area (Å²) in [4.78, 5) is 26.1. The van der Waals surface area contributed by atoms with E-state index in [1.54, 1.807) is 12.1 Å². The second kappa shape index (κ2) is 10.6. The molecule has 2 atom stereocenters. The van der Waals surface area contributed by atoms with Crippen LogP contribution < -0.4 is 14.8 Å². The summed E-state index contributed by atoms with van der Waals surface area (Å²) in [6.45, 7) is 0.551. The molecular weight excluding hydrogens is 454 g/mol. The van der Waals surface area contributed by atoms with Crippen molar-refractivity contribution in [2.75, 3.05) is 13.7 Å². The molecule has 36 heavy (non-hydrogen) atoms. The van der Waals surface area contributed by atoms with Crippen LogP contribution in [-0.2, 0) is 9.59 Å². The molecule has 2 heterocycles. The normalized spacial score (nSPS) is 18.6. The summed E-state index contributed by atoms with van der Waals surface area (Å²) >= 11 is 0. The number of para-hydroxylation sites is 1. The maximum Gasteiger partial charge on any atom is 0.243 e. The second-order valence-corrected chi connectivity index (χ2v) is 8.94. The number of nitrogens with one attached hydrogen (secondary N) is 1. The topological polar surface area (TPSA) is 80.2 Å². The van der Waals surface area contributed by atoms with E-state index in [4.69, 9.17) is 14.6 Å². The van der Waals surface area contributed by atoms with E-state index in [1.165, 1.54) is 0 Å². The lowest BCUT2D eigenvalue weighted by atomic mass is 9.98. The Morgan fingerprint density at radius 3 is 2.53 bits per heavy atom. The largest absolute Gasteiger partial charge is 0.497 e. The molecule has 184 valence electrons. The molecule has 3 aromatic rings. The van der Waals surface area contributed by atoms with E-state index in [9.17, 15) is 9.59 Å². The third-order valence-electron chi connectivity index (χ3n) is 6.63. The highest BCUT2D eigenvalue weighted by atomic mass is 16.5. The minimum absolute atomic E-state index is 0.0783. The number of carbonyl (C=O) groups excluding carboxylic acids is 2. The highest BCUT2D eigenvalue weighted by Crippen LogP contribution is 2.35. The molecule has 0 spiro atoms. The number of amides is 2. The molecule has 0 aromatic heterocycles. The number of ether oxygens (including phenoxy) is 2. The molecule has 3 aromatic carbocycles. The van der Waals surface area contributed by atoms with Gasteiger partial charge >= 0.3 is 0 Å². The lowest BCUT2D eigenvalue weighted by Crippen LogP contribution is -2.33. The van der Waals surface area contributed by atoms with E-state index < -0.39 is 0 Å². The maximum absolute atomic E-state index is 13.3. The number of methoxy groups -OCH3 is 1. The molecule has 0 aliphatic carbocycles. The van der Waals surface area contributed by atoms with Crippen molar-refractivity contribution in [2.24, 2.45) is 5.10 Å². The second-order valence-electron chi connectivity index (χ2n) is 8.94. The van der Waals surface area contributed by atoms with Gasteiger partial charge in [0.2, 0.25) is 11.8 Å². The third kappa shape index (κ3) is 5.10. The van der Waals surface area contributed by atoms with E-state index in [-0.39, 0.29) is 36.7 Å². The van der Waals surface area contributed by atoms with Crippen molar-refractivity contribution in [3.8, 4) is 11.5 Å². The number of nitrogens with zero attached hydrogens (tertiary/aromatic N) is 2. The van der Waals surface area contributed by atoms with Gasteiger partial charge in [-0.05, 0) is 29.3 Å². The molecule has 0 fully saturated rings. The number of hydrazone groups is 1. The quantitative estimate of drug-likeness (QED) is 0.524. The third-order valence-corrected chi connectivity index (χ3v) is 6.63. The van der Waals surface area contributed by atoms with E-state index in [2.05, 4.69) is 5.32 Å². The van der Waals surface area contributed by atoms with Crippen LogP contribution in [0.3, 0.4) is 0 Å². The van der Waals surface area contributed by atoms with Crippen LogP contribution in [-0.4, -0.2) is 36.3 Å². The molecule has 2 aliphatic heterocycles. The van der Waals surface area contributed by atoms with Crippen molar-refractivity contribution in [1.29, 1.82) is 0 Å². The SMILES string of the molecule is COc1ccc(C2CC(c3ccccc3)=NN2C(=O)CCC(=O)NC2CCOc3ccccc32)cc1. The minimum atomic E-state index is -0.232. The van der Waals surface area contributed by atoms with Gasteiger partial charge in [-0.2, -0.15) is 5.10 Å². The Bertz CT molecular complexity index is 1260. The zero-order valence-electron chi connectivity index (χ0n) is 20.2. The van der Waals surface area contributed by atoms with Crippen molar-refractivity contribution in [3.63, 3.8) is 0 Å². The summed E-state index contributed by atoms with van der Waals surface area (Å²) in [5.41, 5.74) is 3.79. The maximum atomic E-state index is 13.3. The minimum Gasteiger partial charge on any atom is -0.497 e. The van der Waals surface area contributed by atoms with Crippen molar-refractivity contribution in [3.05, 3.63) is 95.6 Å². The van der Waals surface area contributed by atoms with Gasteiger partial charge in [-0.3, -0.25) is 9.59 Å². The molecule has 0 radical (unpaired) electrons. The fraction of sp³-hybridized carbons (Fsp3) is 0.276. The van der Waals surface area contributed by atoms with Crippen LogP contribution in [0.2, 0.25) is 0 Å². The summed E-state index contributed by atoms with van der Waals surface area (Å²) in [5.74, 6) is 1.22. The zero-order chi connectivity index (χ0) is 24.9. The van der Waals surface area contributed by atoms with Gasteiger partial charge in [0, 0.05) is 31.2 Å². The van der Waals surface area contributed by atoms with Crippen LogP contribution in [0.5, 0.6) is 11.5 Å². The lowest BCUT2D eigenvalue weighted by molar-refractivity contribution is -0.135. The number of hydrogen-bond acceptors (Lipinski definition) is 5. The predicted molar refractivity (Wildman–Crippen MR) is 137 cm³/mol. The Balaban J connectivity index is 1.28. The van der Waals surface area contributed by atoms with Gasteiger partial charge in [-0.25, -0.2) is 5.01 Å².